The largest absolute Gasteiger partial charge is 0.375 e. The second-order valence-electron chi connectivity index (χ2n) is 4.32. The summed E-state index contributed by atoms with van der Waals surface area (Å²) in [5.74, 6) is 0. The SMILES string of the molecule is Cc1nc(N)sc1S(=O)(=O)NC(C)c1cccc(Cl)c1. The van der Waals surface area contributed by atoms with E-state index in [9.17, 15) is 8.42 Å². The molecule has 0 fully saturated rings. The summed E-state index contributed by atoms with van der Waals surface area (Å²) in [5, 5.41) is 0.796. The van der Waals surface area contributed by atoms with Crippen LogP contribution in [0.15, 0.2) is 28.5 Å². The zero-order valence-electron chi connectivity index (χ0n) is 10.9. The van der Waals surface area contributed by atoms with E-state index in [0.717, 1.165) is 16.9 Å². The van der Waals surface area contributed by atoms with Gasteiger partial charge >= 0.3 is 0 Å². The van der Waals surface area contributed by atoms with E-state index >= 15 is 0 Å². The van der Waals surface area contributed by atoms with E-state index in [0.29, 0.717) is 10.7 Å². The molecule has 0 aliphatic carbocycles. The Morgan fingerprint density at radius 2 is 2.15 bits per heavy atom. The van der Waals surface area contributed by atoms with Crippen LogP contribution in [0, 0.1) is 6.92 Å². The van der Waals surface area contributed by atoms with Crippen LogP contribution in [0.1, 0.15) is 24.2 Å². The number of nitrogen functional groups attached to an aromatic ring is 1. The first-order valence-electron chi connectivity index (χ1n) is 5.80. The average Bonchev–Trinajstić information content (AvgIpc) is 2.69. The Kier molecular flexibility index (Phi) is 4.33. The topological polar surface area (TPSA) is 85.1 Å². The Balaban J connectivity index is 2.27. The summed E-state index contributed by atoms with van der Waals surface area (Å²) in [6, 6.07) is 6.65. The lowest BCUT2D eigenvalue weighted by molar-refractivity contribution is 0.568. The van der Waals surface area contributed by atoms with Crippen molar-refractivity contribution >= 4 is 38.1 Å². The van der Waals surface area contributed by atoms with Gasteiger partial charge in [0.1, 0.15) is 0 Å². The highest BCUT2D eigenvalue weighted by Gasteiger charge is 2.23. The Labute approximate surface area is 126 Å². The highest BCUT2D eigenvalue weighted by atomic mass is 35.5. The minimum Gasteiger partial charge on any atom is -0.375 e. The molecule has 2 aromatic rings. The summed E-state index contributed by atoms with van der Waals surface area (Å²) in [6.07, 6.45) is 0. The van der Waals surface area contributed by atoms with Crippen molar-refractivity contribution in [2.24, 2.45) is 0 Å². The number of aromatic nitrogens is 1. The quantitative estimate of drug-likeness (QED) is 0.902. The van der Waals surface area contributed by atoms with Gasteiger partial charge in [-0.05, 0) is 31.5 Å². The predicted octanol–water partition coefficient (Wildman–Crippen LogP) is 2.73. The lowest BCUT2D eigenvalue weighted by atomic mass is 10.1. The number of anilines is 1. The van der Waals surface area contributed by atoms with E-state index in [4.69, 9.17) is 17.3 Å². The standard InChI is InChI=1S/C12H14ClN3O2S2/c1-7(9-4-3-5-10(13)6-9)16-20(17,18)11-8(2)15-12(14)19-11/h3-7,16H,1-2H3,(H2,14,15). The maximum Gasteiger partial charge on any atom is 0.252 e. The maximum absolute atomic E-state index is 12.3. The predicted molar refractivity (Wildman–Crippen MR) is 81.5 cm³/mol. The minimum absolute atomic E-state index is 0.142. The Morgan fingerprint density at radius 3 is 2.70 bits per heavy atom. The average molecular weight is 332 g/mol. The van der Waals surface area contributed by atoms with Crippen molar-refractivity contribution in [3.63, 3.8) is 0 Å². The van der Waals surface area contributed by atoms with Crippen molar-refractivity contribution in [1.29, 1.82) is 0 Å². The van der Waals surface area contributed by atoms with E-state index in [1.807, 2.05) is 6.07 Å². The molecule has 0 amide bonds. The summed E-state index contributed by atoms with van der Waals surface area (Å²) in [4.78, 5) is 3.93. The molecule has 0 aliphatic heterocycles. The number of nitrogens with two attached hydrogens (primary N) is 1. The Morgan fingerprint density at radius 1 is 1.45 bits per heavy atom. The van der Waals surface area contributed by atoms with E-state index in [1.165, 1.54) is 0 Å². The summed E-state index contributed by atoms with van der Waals surface area (Å²) < 4.78 is 27.4. The fraction of sp³-hybridized carbons (Fsp3) is 0.250. The van der Waals surface area contributed by atoms with E-state index in [2.05, 4.69) is 9.71 Å². The lowest BCUT2D eigenvalue weighted by Gasteiger charge is -2.14. The molecular weight excluding hydrogens is 318 g/mol. The number of nitrogens with zero attached hydrogens (tertiary/aromatic N) is 1. The number of hydrogen-bond donors (Lipinski definition) is 2. The Hall–Kier alpha value is -1.15. The third kappa shape index (κ3) is 3.29. The smallest absolute Gasteiger partial charge is 0.252 e. The Bertz CT molecular complexity index is 728. The second-order valence-corrected chi connectivity index (χ2v) is 7.70. The van der Waals surface area contributed by atoms with Crippen LogP contribution < -0.4 is 10.5 Å². The molecule has 1 aromatic carbocycles. The number of sulfonamides is 1. The summed E-state index contributed by atoms with van der Waals surface area (Å²) in [7, 11) is -3.65. The molecule has 5 nitrogen and oxygen atoms in total. The third-order valence-corrected chi connectivity index (χ3v) is 6.07. The highest BCUT2D eigenvalue weighted by Crippen LogP contribution is 2.27. The summed E-state index contributed by atoms with van der Waals surface area (Å²) in [6.45, 7) is 3.37. The molecule has 1 unspecified atom stereocenters. The number of benzene rings is 1. The van der Waals surface area contributed by atoms with Gasteiger partial charge in [-0.15, -0.1) is 0 Å². The number of hydrogen-bond acceptors (Lipinski definition) is 5. The fourth-order valence-corrected chi connectivity index (χ4v) is 4.53. The van der Waals surface area contributed by atoms with Crippen LogP contribution in [0.4, 0.5) is 5.13 Å². The first kappa shape index (κ1) is 15.2. The molecule has 1 atom stereocenters. The van der Waals surface area contributed by atoms with E-state index < -0.39 is 16.1 Å². The van der Waals surface area contributed by atoms with Gasteiger partial charge < -0.3 is 5.73 Å². The zero-order chi connectivity index (χ0) is 14.9. The van der Waals surface area contributed by atoms with Gasteiger partial charge in [-0.25, -0.2) is 18.1 Å². The molecule has 0 bridgehead atoms. The first-order chi connectivity index (χ1) is 9.29. The molecule has 2 rings (SSSR count). The van der Waals surface area contributed by atoms with Crippen molar-refractivity contribution in [3.05, 3.63) is 40.5 Å². The molecule has 108 valence electrons. The van der Waals surface area contributed by atoms with Gasteiger partial charge in [-0.2, -0.15) is 0 Å². The van der Waals surface area contributed by atoms with Crippen molar-refractivity contribution < 1.29 is 8.42 Å². The molecule has 1 aromatic heterocycles. The van der Waals surface area contributed by atoms with Crippen LogP contribution in [-0.2, 0) is 10.0 Å². The minimum atomic E-state index is -3.65. The molecule has 20 heavy (non-hydrogen) atoms. The van der Waals surface area contributed by atoms with Crippen LogP contribution in [0.25, 0.3) is 0 Å². The fourth-order valence-electron chi connectivity index (χ4n) is 1.78. The van der Waals surface area contributed by atoms with Crippen molar-refractivity contribution in [2.45, 2.75) is 24.1 Å². The zero-order valence-corrected chi connectivity index (χ0v) is 13.3. The molecule has 0 aliphatic rings. The third-order valence-electron chi connectivity index (χ3n) is 2.70. The van der Waals surface area contributed by atoms with Gasteiger partial charge in [0.25, 0.3) is 10.0 Å². The van der Waals surface area contributed by atoms with Crippen LogP contribution in [0.3, 0.4) is 0 Å². The molecule has 0 radical (unpaired) electrons. The highest BCUT2D eigenvalue weighted by molar-refractivity contribution is 7.91. The number of rotatable bonds is 4. The van der Waals surface area contributed by atoms with Crippen molar-refractivity contribution in [1.82, 2.24) is 9.71 Å². The molecule has 0 saturated heterocycles. The first-order valence-corrected chi connectivity index (χ1v) is 8.48. The molecule has 8 heteroatoms. The van der Waals surface area contributed by atoms with Crippen LogP contribution in [-0.4, -0.2) is 13.4 Å². The molecular formula is C12H14ClN3O2S2. The summed E-state index contributed by atoms with van der Waals surface area (Å²) in [5.41, 5.74) is 6.73. The van der Waals surface area contributed by atoms with E-state index in [1.54, 1.807) is 32.0 Å². The molecule has 0 saturated carbocycles. The number of aryl methyl sites for hydroxylation is 1. The van der Waals surface area contributed by atoms with Crippen LogP contribution in [0.2, 0.25) is 5.02 Å². The van der Waals surface area contributed by atoms with Crippen molar-refractivity contribution in [3.8, 4) is 0 Å². The van der Waals surface area contributed by atoms with Gasteiger partial charge in [0, 0.05) is 11.1 Å². The number of halogens is 1. The van der Waals surface area contributed by atoms with Gasteiger partial charge in [0.15, 0.2) is 9.34 Å². The van der Waals surface area contributed by atoms with E-state index in [-0.39, 0.29) is 9.34 Å². The van der Waals surface area contributed by atoms with Gasteiger partial charge in [0.05, 0.1) is 5.69 Å². The normalized spacial score (nSPS) is 13.3. The monoisotopic (exact) mass is 331 g/mol. The maximum atomic E-state index is 12.3. The van der Waals surface area contributed by atoms with Gasteiger partial charge in [-0.1, -0.05) is 35.1 Å². The van der Waals surface area contributed by atoms with Gasteiger partial charge in [0.2, 0.25) is 0 Å². The number of nitrogens with one attached hydrogen (secondary N) is 1. The number of thiazole rings is 1. The van der Waals surface area contributed by atoms with Gasteiger partial charge in [-0.3, -0.25) is 0 Å². The molecule has 1 heterocycles. The van der Waals surface area contributed by atoms with Crippen LogP contribution in [0.5, 0.6) is 0 Å². The summed E-state index contributed by atoms with van der Waals surface area (Å²) >= 11 is 6.86. The van der Waals surface area contributed by atoms with Crippen LogP contribution >= 0.6 is 22.9 Å². The second kappa shape index (κ2) is 5.69. The molecule has 0 spiro atoms. The van der Waals surface area contributed by atoms with Crippen molar-refractivity contribution in [2.75, 3.05) is 5.73 Å². The molecule has 3 N–H and O–H groups in total. The lowest BCUT2D eigenvalue weighted by Crippen LogP contribution is -2.26.